The Morgan fingerprint density at radius 1 is 1.38 bits per heavy atom. The number of methoxy groups -OCH3 is 1. The fraction of sp³-hybridized carbons (Fsp3) is 0.533. The predicted octanol–water partition coefficient (Wildman–Crippen LogP) is 3.53. The third-order valence-electron chi connectivity index (χ3n) is 2.61. The van der Waals surface area contributed by atoms with Crippen molar-refractivity contribution in [2.24, 2.45) is 5.92 Å². The third kappa shape index (κ3) is 7.20. The minimum absolute atomic E-state index is 0.264. The first-order valence-electron chi connectivity index (χ1n) is 6.99. The van der Waals surface area contributed by atoms with Crippen molar-refractivity contribution in [2.75, 3.05) is 32.2 Å². The van der Waals surface area contributed by atoms with Crippen molar-refractivity contribution in [3.05, 3.63) is 23.2 Å². The molecule has 0 fully saturated rings. The van der Waals surface area contributed by atoms with E-state index >= 15 is 0 Å². The smallest absolute Gasteiger partial charge is 0.319 e. The Bertz CT molecular complexity index is 453. The Morgan fingerprint density at radius 3 is 2.76 bits per heavy atom. The summed E-state index contributed by atoms with van der Waals surface area (Å²) < 4.78 is 10.5. The first-order chi connectivity index (χ1) is 10.0. The van der Waals surface area contributed by atoms with Crippen molar-refractivity contribution < 1.29 is 14.3 Å². The molecule has 0 aromatic heterocycles. The first-order valence-corrected chi connectivity index (χ1v) is 7.37. The van der Waals surface area contributed by atoms with Crippen LogP contribution in [0.2, 0.25) is 5.02 Å². The standard InChI is InChI=1S/C15H23ClN2O3/c1-11(2)10-21-8-4-7-17-15(19)18-12-5-6-14(20-3)13(16)9-12/h5-6,9,11H,4,7-8,10H2,1-3H3,(H2,17,18,19). The Labute approximate surface area is 131 Å². The van der Waals surface area contributed by atoms with Crippen LogP contribution in [0.4, 0.5) is 10.5 Å². The number of carbonyl (C=O) groups excluding carboxylic acids is 1. The number of anilines is 1. The molecule has 6 heteroatoms. The minimum Gasteiger partial charge on any atom is -0.495 e. The van der Waals surface area contributed by atoms with Crippen LogP contribution in [-0.2, 0) is 4.74 Å². The Balaban J connectivity index is 2.23. The highest BCUT2D eigenvalue weighted by Gasteiger charge is 2.05. The number of hydrogen-bond donors (Lipinski definition) is 2. The average molecular weight is 315 g/mol. The van der Waals surface area contributed by atoms with Crippen LogP contribution in [0.25, 0.3) is 0 Å². The molecular formula is C15H23ClN2O3. The first kappa shape index (κ1) is 17.6. The largest absolute Gasteiger partial charge is 0.495 e. The zero-order chi connectivity index (χ0) is 15.7. The van der Waals surface area contributed by atoms with Crippen molar-refractivity contribution in [1.82, 2.24) is 5.32 Å². The Hall–Kier alpha value is -1.46. The van der Waals surface area contributed by atoms with Gasteiger partial charge in [0.25, 0.3) is 0 Å². The van der Waals surface area contributed by atoms with E-state index in [1.165, 1.54) is 0 Å². The molecular weight excluding hydrogens is 292 g/mol. The Morgan fingerprint density at radius 2 is 2.14 bits per heavy atom. The summed E-state index contributed by atoms with van der Waals surface area (Å²) in [5, 5.41) is 5.93. The molecule has 5 nitrogen and oxygen atoms in total. The topological polar surface area (TPSA) is 59.6 Å². The van der Waals surface area contributed by atoms with Gasteiger partial charge in [0.1, 0.15) is 5.75 Å². The lowest BCUT2D eigenvalue weighted by atomic mass is 10.2. The second kappa shape index (κ2) is 9.47. The van der Waals surface area contributed by atoms with Gasteiger partial charge in [0.05, 0.1) is 12.1 Å². The summed E-state index contributed by atoms with van der Waals surface area (Å²) >= 11 is 5.99. The van der Waals surface area contributed by atoms with E-state index in [0.29, 0.717) is 35.5 Å². The van der Waals surface area contributed by atoms with E-state index < -0.39 is 0 Å². The molecule has 0 radical (unpaired) electrons. The van der Waals surface area contributed by atoms with Crippen LogP contribution in [0.1, 0.15) is 20.3 Å². The summed E-state index contributed by atoms with van der Waals surface area (Å²) in [4.78, 5) is 11.7. The molecule has 2 amide bonds. The van der Waals surface area contributed by atoms with Gasteiger partial charge in [0.15, 0.2) is 0 Å². The molecule has 0 saturated carbocycles. The van der Waals surface area contributed by atoms with Crippen molar-refractivity contribution in [3.8, 4) is 5.75 Å². The highest BCUT2D eigenvalue weighted by molar-refractivity contribution is 6.32. The molecule has 0 aliphatic heterocycles. The number of urea groups is 1. The number of ether oxygens (including phenoxy) is 2. The summed E-state index contributed by atoms with van der Waals surface area (Å²) in [5.41, 5.74) is 0.620. The predicted molar refractivity (Wildman–Crippen MR) is 85.3 cm³/mol. The summed E-state index contributed by atoms with van der Waals surface area (Å²) in [6, 6.07) is 4.82. The fourth-order valence-electron chi connectivity index (χ4n) is 1.61. The highest BCUT2D eigenvalue weighted by Crippen LogP contribution is 2.27. The van der Waals surface area contributed by atoms with Crippen molar-refractivity contribution in [3.63, 3.8) is 0 Å². The fourth-order valence-corrected chi connectivity index (χ4v) is 1.87. The number of benzene rings is 1. The summed E-state index contributed by atoms with van der Waals surface area (Å²) in [6.45, 7) is 6.16. The van der Waals surface area contributed by atoms with Crippen LogP contribution < -0.4 is 15.4 Å². The van der Waals surface area contributed by atoms with Gasteiger partial charge in [-0.05, 0) is 30.5 Å². The number of nitrogens with one attached hydrogen (secondary N) is 2. The van der Waals surface area contributed by atoms with Gasteiger partial charge in [-0.25, -0.2) is 4.79 Å². The van der Waals surface area contributed by atoms with E-state index in [1.807, 2.05) is 0 Å². The van der Waals surface area contributed by atoms with Crippen molar-refractivity contribution >= 4 is 23.3 Å². The minimum atomic E-state index is -0.264. The number of rotatable bonds is 8. The Kier molecular flexibility index (Phi) is 7.93. The number of halogens is 1. The molecule has 0 bridgehead atoms. The molecule has 21 heavy (non-hydrogen) atoms. The van der Waals surface area contributed by atoms with E-state index in [2.05, 4.69) is 24.5 Å². The lowest BCUT2D eigenvalue weighted by Crippen LogP contribution is -2.30. The number of carbonyl (C=O) groups is 1. The normalized spacial score (nSPS) is 10.5. The summed E-state index contributed by atoms with van der Waals surface area (Å²) in [5.74, 6) is 1.10. The SMILES string of the molecule is COc1ccc(NC(=O)NCCCOCC(C)C)cc1Cl. The zero-order valence-electron chi connectivity index (χ0n) is 12.7. The summed E-state index contributed by atoms with van der Waals surface area (Å²) in [6.07, 6.45) is 0.781. The van der Waals surface area contributed by atoms with Crippen LogP contribution in [0.3, 0.4) is 0 Å². The van der Waals surface area contributed by atoms with Crippen LogP contribution in [0, 0.1) is 5.92 Å². The number of hydrogen-bond acceptors (Lipinski definition) is 3. The molecule has 1 rings (SSSR count). The van der Waals surface area contributed by atoms with Crippen molar-refractivity contribution in [1.29, 1.82) is 0 Å². The molecule has 0 aliphatic rings. The van der Waals surface area contributed by atoms with Crippen molar-refractivity contribution in [2.45, 2.75) is 20.3 Å². The van der Waals surface area contributed by atoms with Gasteiger partial charge < -0.3 is 20.1 Å². The highest BCUT2D eigenvalue weighted by atomic mass is 35.5. The monoisotopic (exact) mass is 314 g/mol. The lowest BCUT2D eigenvalue weighted by molar-refractivity contribution is 0.108. The second-order valence-corrected chi connectivity index (χ2v) is 5.46. The molecule has 1 aromatic rings. The van der Waals surface area contributed by atoms with E-state index in [0.717, 1.165) is 13.0 Å². The zero-order valence-corrected chi connectivity index (χ0v) is 13.5. The maximum absolute atomic E-state index is 11.7. The maximum atomic E-state index is 11.7. The van der Waals surface area contributed by atoms with Gasteiger partial charge in [0.2, 0.25) is 0 Å². The summed E-state index contributed by atoms with van der Waals surface area (Å²) in [7, 11) is 1.54. The maximum Gasteiger partial charge on any atom is 0.319 e. The quantitative estimate of drug-likeness (QED) is 0.722. The molecule has 0 atom stereocenters. The van der Waals surface area contributed by atoms with E-state index in [4.69, 9.17) is 21.1 Å². The van der Waals surface area contributed by atoms with Gasteiger partial charge in [0, 0.05) is 25.4 Å². The molecule has 0 aliphatic carbocycles. The number of amides is 2. The van der Waals surface area contributed by atoms with Gasteiger partial charge >= 0.3 is 6.03 Å². The van der Waals surface area contributed by atoms with Crippen LogP contribution in [-0.4, -0.2) is 32.9 Å². The molecule has 118 valence electrons. The van der Waals surface area contributed by atoms with Crippen LogP contribution in [0.15, 0.2) is 18.2 Å². The molecule has 0 unspecified atom stereocenters. The molecule has 2 N–H and O–H groups in total. The molecule has 0 spiro atoms. The van der Waals surface area contributed by atoms with Crippen LogP contribution >= 0.6 is 11.6 Å². The van der Waals surface area contributed by atoms with Gasteiger partial charge in [-0.15, -0.1) is 0 Å². The molecule has 1 aromatic carbocycles. The average Bonchev–Trinajstić information content (AvgIpc) is 2.42. The molecule has 0 heterocycles. The van der Waals surface area contributed by atoms with E-state index in [1.54, 1.807) is 25.3 Å². The van der Waals surface area contributed by atoms with E-state index in [9.17, 15) is 4.79 Å². The molecule has 0 saturated heterocycles. The van der Waals surface area contributed by atoms with Gasteiger partial charge in [-0.3, -0.25) is 0 Å². The third-order valence-corrected chi connectivity index (χ3v) is 2.91. The van der Waals surface area contributed by atoms with Gasteiger partial charge in [-0.1, -0.05) is 25.4 Å². The van der Waals surface area contributed by atoms with Gasteiger partial charge in [-0.2, -0.15) is 0 Å². The van der Waals surface area contributed by atoms with E-state index in [-0.39, 0.29) is 6.03 Å². The lowest BCUT2D eigenvalue weighted by Gasteiger charge is -2.10. The second-order valence-electron chi connectivity index (χ2n) is 5.05. The van der Waals surface area contributed by atoms with Crippen LogP contribution in [0.5, 0.6) is 5.75 Å².